The van der Waals surface area contributed by atoms with Crippen LogP contribution in [0.2, 0.25) is 0 Å². The number of carbonyl (C=O) groups excluding carboxylic acids is 1. The quantitative estimate of drug-likeness (QED) is 0.465. The maximum absolute atomic E-state index is 12.2. The third kappa shape index (κ3) is 4.37. The minimum absolute atomic E-state index is 0.151. The van der Waals surface area contributed by atoms with Gasteiger partial charge < -0.3 is 20.6 Å². The Morgan fingerprint density at radius 2 is 2.00 bits per heavy atom. The molecule has 0 fully saturated rings. The third-order valence-corrected chi connectivity index (χ3v) is 4.89. The number of thioether (sulfide) groups is 1. The molecule has 1 amide bonds. The minimum Gasteiger partial charge on any atom is -0.497 e. The second-order valence-electron chi connectivity index (χ2n) is 5.95. The monoisotopic (exact) mass is 399 g/mol. The van der Waals surface area contributed by atoms with E-state index in [0.29, 0.717) is 28.0 Å². The van der Waals surface area contributed by atoms with E-state index in [1.54, 1.807) is 32.4 Å². The van der Waals surface area contributed by atoms with Gasteiger partial charge in [-0.3, -0.25) is 4.79 Å². The number of aromatic nitrogens is 3. The van der Waals surface area contributed by atoms with E-state index in [1.807, 2.05) is 31.2 Å². The number of hydrogen-bond donors (Lipinski definition) is 2. The Bertz CT molecular complexity index is 989. The summed E-state index contributed by atoms with van der Waals surface area (Å²) in [6.45, 7) is 1.97. The first-order valence-electron chi connectivity index (χ1n) is 8.44. The van der Waals surface area contributed by atoms with Crippen molar-refractivity contribution in [3.05, 3.63) is 48.0 Å². The zero-order valence-corrected chi connectivity index (χ0v) is 16.6. The van der Waals surface area contributed by atoms with Crippen molar-refractivity contribution in [2.45, 2.75) is 12.1 Å². The predicted molar refractivity (Wildman–Crippen MR) is 109 cm³/mol. The molecule has 0 aliphatic heterocycles. The van der Waals surface area contributed by atoms with E-state index in [-0.39, 0.29) is 11.7 Å². The van der Waals surface area contributed by atoms with Gasteiger partial charge in [-0.15, -0.1) is 10.2 Å². The van der Waals surface area contributed by atoms with Crippen molar-refractivity contribution in [2.24, 2.45) is 0 Å². The number of methoxy groups -OCH3 is 2. The number of nitrogen functional groups attached to an aromatic ring is 1. The summed E-state index contributed by atoms with van der Waals surface area (Å²) < 4.78 is 11.9. The summed E-state index contributed by atoms with van der Waals surface area (Å²) in [7, 11) is 3.14. The van der Waals surface area contributed by atoms with Crippen molar-refractivity contribution >= 4 is 23.4 Å². The average molecular weight is 399 g/mol. The zero-order valence-electron chi connectivity index (χ0n) is 15.8. The summed E-state index contributed by atoms with van der Waals surface area (Å²) in [4.78, 5) is 12.2. The first kappa shape index (κ1) is 19.6. The molecule has 28 heavy (non-hydrogen) atoms. The van der Waals surface area contributed by atoms with Gasteiger partial charge >= 0.3 is 0 Å². The Hall–Kier alpha value is -3.20. The third-order valence-electron chi connectivity index (χ3n) is 3.95. The molecule has 0 aliphatic rings. The van der Waals surface area contributed by atoms with Gasteiger partial charge in [0.25, 0.3) is 0 Å². The summed E-state index contributed by atoms with van der Waals surface area (Å²) in [6.07, 6.45) is 0. The summed E-state index contributed by atoms with van der Waals surface area (Å²) >= 11 is 1.20. The smallest absolute Gasteiger partial charge is 0.234 e. The van der Waals surface area contributed by atoms with Crippen molar-refractivity contribution in [3.8, 4) is 22.9 Å². The maximum Gasteiger partial charge on any atom is 0.234 e. The summed E-state index contributed by atoms with van der Waals surface area (Å²) in [6, 6.07) is 12.9. The van der Waals surface area contributed by atoms with Gasteiger partial charge in [0, 0.05) is 11.8 Å². The lowest BCUT2D eigenvalue weighted by Gasteiger charge is -2.10. The first-order valence-corrected chi connectivity index (χ1v) is 9.42. The predicted octanol–water partition coefficient (Wildman–Crippen LogP) is 2.72. The molecule has 3 aromatic rings. The highest BCUT2D eigenvalue weighted by Crippen LogP contribution is 2.32. The molecule has 2 aromatic carbocycles. The lowest BCUT2D eigenvalue weighted by molar-refractivity contribution is -0.113. The van der Waals surface area contributed by atoms with Crippen molar-refractivity contribution in [2.75, 3.05) is 31.1 Å². The summed E-state index contributed by atoms with van der Waals surface area (Å²) in [5, 5.41) is 11.5. The van der Waals surface area contributed by atoms with Crippen molar-refractivity contribution in [1.82, 2.24) is 14.9 Å². The molecule has 8 nitrogen and oxygen atoms in total. The Morgan fingerprint density at radius 1 is 1.18 bits per heavy atom. The topological polar surface area (TPSA) is 104 Å². The molecule has 1 aromatic heterocycles. The number of amides is 1. The number of aryl methyl sites for hydroxylation is 1. The fraction of sp³-hybridized carbons (Fsp3) is 0.211. The van der Waals surface area contributed by atoms with Gasteiger partial charge in [-0.1, -0.05) is 23.9 Å². The Morgan fingerprint density at radius 3 is 2.71 bits per heavy atom. The molecule has 1 heterocycles. The summed E-state index contributed by atoms with van der Waals surface area (Å²) in [5.74, 6) is 7.80. The highest BCUT2D eigenvalue weighted by Gasteiger charge is 2.17. The normalized spacial score (nSPS) is 10.5. The molecule has 0 radical (unpaired) electrons. The lowest BCUT2D eigenvalue weighted by Crippen LogP contribution is -2.16. The van der Waals surface area contributed by atoms with E-state index < -0.39 is 0 Å². The molecular weight excluding hydrogens is 378 g/mol. The largest absolute Gasteiger partial charge is 0.497 e. The molecule has 3 N–H and O–H groups in total. The van der Waals surface area contributed by atoms with E-state index in [4.69, 9.17) is 15.3 Å². The number of hydrogen-bond acceptors (Lipinski definition) is 7. The Balaban J connectivity index is 1.70. The molecule has 0 bridgehead atoms. The number of nitrogens with two attached hydrogens (primary N) is 1. The van der Waals surface area contributed by atoms with E-state index in [0.717, 1.165) is 11.3 Å². The molecular formula is C19H21N5O3S. The van der Waals surface area contributed by atoms with Gasteiger partial charge in [-0.25, -0.2) is 4.68 Å². The van der Waals surface area contributed by atoms with Gasteiger partial charge in [0.2, 0.25) is 11.1 Å². The van der Waals surface area contributed by atoms with Crippen LogP contribution >= 0.6 is 11.8 Å². The number of carbonyl (C=O) groups is 1. The molecule has 0 saturated heterocycles. The zero-order chi connectivity index (χ0) is 20.1. The second-order valence-corrected chi connectivity index (χ2v) is 6.89. The summed E-state index contributed by atoms with van der Waals surface area (Å²) in [5.41, 5.74) is 2.50. The first-order chi connectivity index (χ1) is 13.5. The molecule has 3 rings (SSSR count). The van der Waals surface area contributed by atoms with Crippen LogP contribution in [0.15, 0.2) is 47.6 Å². The van der Waals surface area contributed by atoms with E-state index in [9.17, 15) is 4.79 Å². The van der Waals surface area contributed by atoms with Gasteiger partial charge in [-0.2, -0.15) is 0 Å². The number of ether oxygens (including phenoxy) is 2. The molecule has 0 saturated carbocycles. The number of nitrogens with one attached hydrogen (secondary N) is 1. The molecule has 0 unspecified atom stereocenters. The van der Waals surface area contributed by atoms with Crippen LogP contribution in [0.25, 0.3) is 11.4 Å². The van der Waals surface area contributed by atoms with Crippen LogP contribution in [0, 0.1) is 6.92 Å². The van der Waals surface area contributed by atoms with Crippen molar-refractivity contribution in [3.63, 3.8) is 0 Å². The fourth-order valence-electron chi connectivity index (χ4n) is 2.59. The number of benzene rings is 2. The number of rotatable bonds is 7. The van der Waals surface area contributed by atoms with Gasteiger partial charge in [0.1, 0.15) is 11.5 Å². The van der Waals surface area contributed by atoms with Crippen LogP contribution in [-0.2, 0) is 4.79 Å². The molecule has 9 heteroatoms. The minimum atomic E-state index is -0.151. The van der Waals surface area contributed by atoms with Crippen LogP contribution in [0.4, 0.5) is 5.69 Å². The van der Waals surface area contributed by atoms with E-state index in [1.165, 1.54) is 16.4 Å². The van der Waals surface area contributed by atoms with Crippen LogP contribution in [-0.4, -0.2) is 40.8 Å². The van der Waals surface area contributed by atoms with Gasteiger partial charge in [0.05, 0.1) is 25.5 Å². The molecule has 0 atom stereocenters. The highest BCUT2D eigenvalue weighted by atomic mass is 32.2. The number of nitrogens with zero attached hydrogens (tertiary/aromatic N) is 3. The van der Waals surface area contributed by atoms with Crippen LogP contribution in [0.5, 0.6) is 11.5 Å². The molecule has 146 valence electrons. The van der Waals surface area contributed by atoms with Gasteiger partial charge in [-0.05, 0) is 36.8 Å². The van der Waals surface area contributed by atoms with E-state index in [2.05, 4.69) is 15.5 Å². The SMILES string of the molecule is COc1ccc(-c2nnc(SCC(=O)Nc3cccc(C)c3)n2N)c(OC)c1. The average Bonchev–Trinajstić information content (AvgIpc) is 3.06. The molecule has 0 spiro atoms. The highest BCUT2D eigenvalue weighted by molar-refractivity contribution is 7.99. The van der Waals surface area contributed by atoms with Crippen molar-refractivity contribution < 1.29 is 14.3 Å². The standard InChI is InChI=1S/C19H21N5O3S/c1-12-5-4-6-13(9-12)21-17(25)11-28-19-23-22-18(24(19)20)15-8-7-14(26-2)10-16(15)27-3/h4-10H,11,20H2,1-3H3,(H,21,25). The Kier molecular flexibility index (Phi) is 6.05. The van der Waals surface area contributed by atoms with Crippen LogP contribution < -0.4 is 20.6 Å². The number of anilines is 1. The lowest BCUT2D eigenvalue weighted by atomic mass is 10.2. The van der Waals surface area contributed by atoms with E-state index >= 15 is 0 Å². The Labute approximate surface area is 167 Å². The molecule has 0 aliphatic carbocycles. The van der Waals surface area contributed by atoms with Gasteiger partial charge in [0.15, 0.2) is 5.82 Å². The van der Waals surface area contributed by atoms with Crippen LogP contribution in [0.1, 0.15) is 5.56 Å². The van der Waals surface area contributed by atoms with Crippen molar-refractivity contribution in [1.29, 1.82) is 0 Å². The fourth-order valence-corrected chi connectivity index (χ4v) is 3.25. The second kappa shape index (κ2) is 8.66. The van der Waals surface area contributed by atoms with Crippen LogP contribution in [0.3, 0.4) is 0 Å². The maximum atomic E-state index is 12.2.